The van der Waals surface area contributed by atoms with Gasteiger partial charge in [-0.25, -0.2) is 0 Å². The summed E-state index contributed by atoms with van der Waals surface area (Å²) in [5.41, 5.74) is 0.712. The molecule has 16 heavy (non-hydrogen) atoms. The zero-order valence-corrected chi connectivity index (χ0v) is 11.7. The molecule has 88 valence electrons. The van der Waals surface area contributed by atoms with E-state index in [1.807, 2.05) is 24.3 Å². The summed E-state index contributed by atoms with van der Waals surface area (Å²) in [5, 5.41) is 6.14. The van der Waals surface area contributed by atoms with Crippen molar-refractivity contribution in [2.45, 2.75) is 19.9 Å². The molecule has 1 rings (SSSR count). The third-order valence-electron chi connectivity index (χ3n) is 2.23. The second kappa shape index (κ2) is 6.85. The molecule has 0 saturated heterocycles. The van der Waals surface area contributed by atoms with Crippen LogP contribution in [0, 0.1) is 3.57 Å². The molecule has 0 unspecified atom stereocenters. The Morgan fingerprint density at radius 1 is 1.38 bits per heavy atom. The summed E-state index contributed by atoms with van der Waals surface area (Å²) in [6.07, 6.45) is 0. The highest BCUT2D eigenvalue weighted by Crippen LogP contribution is 2.06. The highest BCUT2D eigenvalue weighted by molar-refractivity contribution is 14.1. The van der Waals surface area contributed by atoms with E-state index >= 15 is 0 Å². The van der Waals surface area contributed by atoms with Crippen LogP contribution >= 0.6 is 22.6 Å². The van der Waals surface area contributed by atoms with E-state index < -0.39 is 0 Å². The molecule has 0 aliphatic rings. The number of carbonyl (C=O) groups is 1. The van der Waals surface area contributed by atoms with Gasteiger partial charge in [0.15, 0.2) is 0 Å². The van der Waals surface area contributed by atoms with Crippen molar-refractivity contribution in [3.8, 4) is 0 Å². The first kappa shape index (κ1) is 13.4. The Labute approximate surface area is 110 Å². The molecular weight excluding hydrogens is 315 g/mol. The molecule has 1 atom stereocenters. The van der Waals surface area contributed by atoms with Gasteiger partial charge in [-0.05, 0) is 60.3 Å². The predicted octanol–water partition coefficient (Wildman–Crippen LogP) is 2.02. The lowest BCUT2D eigenvalue weighted by Crippen LogP contribution is -2.38. The lowest BCUT2D eigenvalue weighted by Gasteiger charge is -2.13. The molecule has 0 spiro atoms. The van der Waals surface area contributed by atoms with Crippen LogP contribution in [0.4, 0.5) is 0 Å². The standard InChI is InChI=1S/C12H17IN2O/c1-3-14-9(2)8-15-12(16)10-4-6-11(13)7-5-10/h4-7,9,14H,3,8H2,1-2H3,(H,15,16)/t9-/m1/s1. The summed E-state index contributed by atoms with van der Waals surface area (Å²) in [4.78, 5) is 11.7. The molecule has 1 aromatic carbocycles. The number of benzene rings is 1. The van der Waals surface area contributed by atoms with E-state index in [1.54, 1.807) is 0 Å². The van der Waals surface area contributed by atoms with Crippen LogP contribution in [-0.2, 0) is 0 Å². The maximum Gasteiger partial charge on any atom is 0.251 e. The first-order valence-corrected chi connectivity index (χ1v) is 6.48. The molecule has 0 saturated carbocycles. The number of carbonyl (C=O) groups excluding carboxylic acids is 1. The van der Waals surface area contributed by atoms with Gasteiger partial charge in [-0.15, -0.1) is 0 Å². The molecule has 4 heteroatoms. The molecule has 0 radical (unpaired) electrons. The zero-order valence-electron chi connectivity index (χ0n) is 9.59. The van der Waals surface area contributed by atoms with E-state index in [4.69, 9.17) is 0 Å². The van der Waals surface area contributed by atoms with E-state index in [9.17, 15) is 4.79 Å². The smallest absolute Gasteiger partial charge is 0.251 e. The van der Waals surface area contributed by atoms with Crippen molar-refractivity contribution in [3.63, 3.8) is 0 Å². The van der Waals surface area contributed by atoms with Gasteiger partial charge >= 0.3 is 0 Å². The van der Waals surface area contributed by atoms with Gasteiger partial charge in [0, 0.05) is 21.7 Å². The highest BCUT2D eigenvalue weighted by Gasteiger charge is 2.06. The van der Waals surface area contributed by atoms with Crippen LogP contribution in [0.3, 0.4) is 0 Å². The number of rotatable bonds is 5. The maximum absolute atomic E-state index is 11.7. The van der Waals surface area contributed by atoms with Crippen molar-refractivity contribution in [3.05, 3.63) is 33.4 Å². The molecule has 0 heterocycles. The third kappa shape index (κ3) is 4.49. The molecule has 0 aliphatic heterocycles. The number of likely N-dealkylation sites (N-methyl/N-ethyl adjacent to an activating group) is 1. The number of halogens is 1. The zero-order chi connectivity index (χ0) is 12.0. The summed E-state index contributed by atoms with van der Waals surface area (Å²) < 4.78 is 1.13. The Morgan fingerprint density at radius 2 is 2.00 bits per heavy atom. The molecule has 0 fully saturated rings. The van der Waals surface area contributed by atoms with Gasteiger partial charge in [0.1, 0.15) is 0 Å². The lowest BCUT2D eigenvalue weighted by molar-refractivity contribution is 0.0950. The normalized spacial score (nSPS) is 12.2. The number of hydrogen-bond acceptors (Lipinski definition) is 2. The maximum atomic E-state index is 11.7. The van der Waals surface area contributed by atoms with Gasteiger partial charge in [-0.3, -0.25) is 4.79 Å². The molecule has 0 aliphatic carbocycles. The van der Waals surface area contributed by atoms with Crippen molar-refractivity contribution in [1.82, 2.24) is 10.6 Å². The highest BCUT2D eigenvalue weighted by atomic mass is 127. The number of amides is 1. The number of nitrogens with one attached hydrogen (secondary N) is 2. The van der Waals surface area contributed by atoms with Crippen LogP contribution in [0.2, 0.25) is 0 Å². The van der Waals surface area contributed by atoms with Crippen molar-refractivity contribution >= 4 is 28.5 Å². The first-order valence-electron chi connectivity index (χ1n) is 5.40. The topological polar surface area (TPSA) is 41.1 Å². The van der Waals surface area contributed by atoms with Crippen molar-refractivity contribution in [2.75, 3.05) is 13.1 Å². The van der Waals surface area contributed by atoms with E-state index in [2.05, 4.69) is 47.1 Å². The largest absolute Gasteiger partial charge is 0.350 e. The molecular formula is C12H17IN2O. The van der Waals surface area contributed by atoms with Gasteiger partial charge in [-0.1, -0.05) is 6.92 Å². The van der Waals surface area contributed by atoms with Crippen LogP contribution in [-0.4, -0.2) is 25.0 Å². The molecule has 3 nitrogen and oxygen atoms in total. The Hall–Kier alpha value is -0.620. The van der Waals surface area contributed by atoms with E-state index in [1.165, 1.54) is 0 Å². The first-order chi connectivity index (χ1) is 7.63. The average molecular weight is 332 g/mol. The fraction of sp³-hybridized carbons (Fsp3) is 0.417. The number of hydrogen-bond donors (Lipinski definition) is 2. The minimum absolute atomic E-state index is 0.0128. The van der Waals surface area contributed by atoms with Gasteiger partial charge in [-0.2, -0.15) is 0 Å². The van der Waals surface area contributed by atoms with Crippen LogP contribution in [0.5, 0.6) is 0 Å². The quantitative estimate of drug-likeness (QED) is 0.810. The van der Waals surface area contributed by atoms with Gasteiger partial charge in [0.2, 0.25) is 0 Å². The summed E-state index contributed by atoms with van der Waals surface area (Å²) in [6, 6.07) is 7.86. The Bertz CT molecular complexity index is 337. The van der Waals surface area contributed by atoms with Crippen molar-refractivity contribution in [1.29, 1.82) is 0 Å². The fourth-order valence-electron chi connectivity index (χ4n) is 1.37. The monoisotopic (exact) mass is 332 g/mol. The predicted molar refractivity (Wildman–Crippen MR) is 74.6 cm³/mol. The van der Waals surface area contributed by atoms with Gasteiger partial charge in [0.05, 0.1) is 0 Å². The lowest BCUT2D eigenvalue weighted by atomic mass is 10.2. The van der Waals surface area contributed by atoms with E-state index in [-0.39, 0.29) is 5.91 Å². The van der Waals surface area contributed by atoms with Gasteiger partial charge in [0.25, 0.3) is 5.91 Å². The Kier molecular flexibility index (Phi) is 5.76. The van der Waals surface area contributed by atoms with Crippen LogP contribution in [0.25, 0.3) is 0 Å². The SMILES string of the molecule is CCN[C@H](C)CNC(=O)c1ccc(I)cc1. The molecule has 2 N–H and O–H groups in total. The minimum Gasteiger partial charge on any atom is -0.350 e. The summed E-state index contributed by atoms with van der Waals surface area (Å²) in [5.74, 6) is -0.0128. The summed E-state index contributed by atoms with van der Waals surface area (Å²) in [7, 11) is 0. The van der Waals surface area contributed by atoms with Crippen LogP contribution < -0.4 is 10.6 Å². The van der Waals surface area contributed by atoms with E-state index in [0.717, 1.165) is 10.1 Å². The second-order valence-electron chi connectivity index (χ2n) is 3.68. The van der Waals surface area contributed by atoms with Gasteiger partial charge < -0.3 is 10.6 Å². The second-order valence-corrected chi connectivity index (χ2v) is 4.92. The third-order valence-corrected chi connectivity index (χ3v) is 2.95. The van der Waals surface area contributed by atoms with Crippen molar-refractivity contribution < 1.29 is 4.79 Å². The summed E-state index contributed by atoms with van der Waals surface area (Å²) in [6.45, 7) is 5.67. The molecule has 1 amide bonds. The fourth-order valence-corrected chi connectivity index (χ4v) is 1.73. The van der Waals surface area contributed by atoms with Crippen LogP contribution in [0.15, 0.2) is 24.3 Å². The van der Waals surface area contributed by atoms with E-state index in [0.29, 0.717) is 18.2 Å². The summed E-state index contributed by atoms with van der Waals surface area (Å²) >= 11 is 2.22. The molecule has 1 aromatic rings. The van der Waals surface area contributed by atoms with Crippen molar-refractivity contribution in [2.24, 2.45) is 0 Å². The van der Waals surface area contributed by atoms with Crippen LogP contribution in [0.1, 0.15) is 24.2 Å². The Morgan fingerprint density at radius 3 is 2.56 bits per heavy atom. The molecule has 0 bridgehead atoms. The Balaban J connectivity index is 2.43. The average Bonchev–Trinajstić information content (AvgIpc) is 2.27. The molecule has 0 aromatic heterocycles. The minimum atomic E-state index is -0.0128.